The molecule has 0 radical (unpaired) electrons. The fraction of sp³-hybridized carbons (Fsp3) is 0.929. The first-order valence-corrected chi connectivity index (χ1v) is 11.5. The highest BCUT2D eigenvalue weighted by Gasteiger charge is 2.41. The summed E-state index contributed by atoms with van der Waals surface area (Å²) in [4.78, 5) is 6.54. The minimum Gasteiger partial charge on any atom is -0.357 e. The third-order valence-corrected chi connectivity index (χ3v) is 8.87. The van der Waals surface area contributed by atoms with Gasteiger partial charge in [-0.25, -0.2) is 16.8 Å². The molecule has 9 heteroatoms. The van der Waals surface area contributed by atoms with Crippen molar-refractivity contribution in [3.05, 3.63) is 0 Å². The van der Waals surface area contributed by atoms with Crippen LogP contribution in [0.25, 0.3) is 0 Å². The van der Waals surface area contributed by atoms with Gasteiger partial charge in [-0.1, -0.05) is 0 Å². The predicted octanol–water partition coefficient (Wildman–Crippen LogP) is -0.104. The lowest BCUT2D eigenvalue weighted by molar-refractivity contribution is 0.352. The average Bonchev–Trinajstić information content (AvgIpc) is 2.77. The summed E-state index contributed by atoms with van der Waals surface area (Å²) in [5.41, 5.74) is 0. The molecular formula is C14H27N3O4S2. The van der Waals surface area contributed by atoms with Crippen molar-refractivity contribution in [3.63, 3.8) is 0 Å². The van der Waals surface area contributed by atoms with Gasteiger partial charge >= 0.3 is 0 Å². The summed E-state index contributed by atoms with van der Waals surface area (Å²) in [6, 6.07) is 0. The predicted molar refractivity (Wildman–Crippen MR) is 92.2 cm³/mol. The Hall–Kier alpha value is -0.830. The Morgan fingerprint density at radius 2 is 1.96 bits per heavy atom. The smallest absolute Gasteiger partial charge is 0.194 e. The number of nitrogens with zero attached hydrogens (tertiary/aromatic N) is 2. The van der Waals surface area contributed by atoms with Crippen LogP contribution in [0.2, 0.25) is 0 Å². The first-order chi connectivity index (χ1) is 10.6. The summed E-state index contributed by atoms with van der Waals surface area (Å²) in [6.07, 6.45) is 0.658. The molecule has 2 saturated heterocycles. The largest absolute Gasteiger partial charge is 0.357 e. The fourth-order valence-corrected chi connectivity index (χ4v) is 6.20. The number of sulfone groups is 2. The zero-order valence-electron chi connectivity index (χ0n) is 14.1. The van der Waals surface area contributed by atoms with E-state index in [0.717, 1.165) is 0 Å². The second-order valence-corrected chi connectivity index (χ2v) is 11.9. The van der Waals surface area contributed by atoms with Crippen LogP contribution in [-0.2, 0) is 19.7 Å². The van der Waals surface area contributed by atoms with E-state index < -0.39 is 24.4 Å². The molecule has 0 amide bonds. The lowest BCUT2D eigenvalue weighted by Gasteiger charge is -2.39. The van der Waals surface area contributed by atoms with E-state index in [1.54, 1.807) is 13.8 Å². The molecule has 2 aliphatic rings. The molecule has 0 spiro atoms. The fourth-order valence-electron chi connectivity index (χ4n) is 2.98. The number of hydrogen-bond donors (Lipinski definition) is 1. The number of aliphatic imine (C=N–C) groups is 1. The van der Waals surface area contributed by atoms with Crippen LogP contribution in [0.5, 0.6) is 0 Å². The van der Waals surface area contributed by atoms with E-state index in [1.165, 1.54) is 0 Å². The van der Waals surface area contributed by atoms with E-state index in [4.69, 9.17) is 0 Å². The molecule has 1 unspecified atom stereocenters. The highest BCUT2D eigenvalue weighted by molar-refractivity contribution is 7.92. The summed E-state index contributed by atoms with van der Waals surface area (Å²) in [6.45, 7) is 7.39. The Kier molecular flexibility index (Phi) is 5.30. The Morgan fingerprint density at radius 3 is 2.48 bits per heavy atom. The van der Waals surface area contributed by atoms with Gasteiger partial charge in [-0.15, -0.1) is 0 Å². The van der Waals surface area contributed by atoms with Crippen molar-refractivity contribution in [1.29, 1.82) is 0 Å². The maximum absolute atomic E-state index is 12.1. The molecule has 1 atom stereocenters. The minimum atomic E-state index is -3.09. The van der Waals surface area contributed by atoms with Gasteiger partial charge in [0.1, 0.15) is 0 Å². The first-order valence-electron chi connectivity index (χ1n) is 8.02. The second kappa shape index (κ2) is 6.58. The zero-order valence-corrected chi connectivity index (χ0v) is 15.7. The van der Waals surface area contributed by atoms with E-state index in [-0.39, 0.29) is 23.2 Å². The molecule has 7 nitrogen and oxygen atoms in total. The monoisotopic (exact) mass is 365 g/mol. The quantitative estimate of drug-likeness (QED) is 0.554. The minimum absolute atomic E-state index is 0.0650. The highest BCUT2D eigenvalue weighted by Crippen LogP contribution is 2.24. The van der Waals surface area contributed by atoms with Crippen molar-refractivity contribution >= 4 is 25.6 Å². The SMILES string of the molecule is CCNC(=NCC1CCS(=O)(=O)C1)N1CCS(=O)(=O)C(C)(C)C1. The van der Waals surface area contributed by atoms with Gasteiger partial charge in [-0.3, -0.25) is 4.99 Å². The lowest BCUT2D eigenvalue weighted by Crippen LogP contribution is -2.57. The molecule has 1 N–H and O–H groups in total. The molecule has 2 fully saturated rings. The van der Waals surface area contributed by atoms with Crippen LogP contribution in [0.1, 0.15) is 27.2 Å². The Morgan fingerprint density at radius 1 is 1.26 bits per heavy atom. The molecule has 2 rings (SSSR count). The van der Waals surface area contributed by atoms with Gasteiger partial charge in [0, 0.05) is 26.2 Å². The molecule has 2 heterocycles. The Balaban J connectivity index is 2.08. The van der Waals surface area contributed by atoms with Crippen LogP contribution in [-0.4, -0.2) is 75.9 Å². The molecular weight excluding hydrogens is 338 g/mol. The normalized spacial score (nSPS) is 29.4. The third-order valence-electron chi connectivity index (χ3n) is 4.50. The van der Waals surface area contributed by atoms with Crippen LogP contribution in [0.4, 0.5) is 0 Å². The molecule has 2 aliphatic heterocycles. The average molecular weight is 366 g/mol. The molecule has 0 aromatic carbocycles. The van der Waals surface area contributed by atoms with Crippen LogP contribution in [0, 0.1) is 5.92 Å². The van der Waals surface area contributed by atoms with Crippen LogP contribution >= 0.6 is 0 Å². The Bertz CT molecular complexity index is 668. The molecule has 0 aromatic rings. The number of guanidine groups is 1. The van der Waals surface area contributed by atoms with Crippen molar-refractivity contribution in [2.45, 2.75) is 31.9 Å². The van der Waals surface area contributed by atoms with E-state index >= 15 is 0 Å². The lowest BCUT2D eigenvalue weighted by atomic mass is 10.1. The van der Waals surface area contributed by atoms with Gasteiger partial charge < -0.3 is 10.2 Å². The molecule has 0 aliphatic carbocycles. The van der Waals surface area contributed by atoms with Crippen molar-refractivity contribution in [2.24, 2.45) is 10.9 Å². The Labute approximate surface area is 139 Å². The third kappa shape index (κ3) is 4.37. The van der Waals surface area contributed by atoms with Crippen molar-refractivity contribution in [3.8, 4) is 0 Å². The highest BCUT2D eigenvalue weighted by atomic mass is 32.2. The van der Waals surface area contributed by atoms with Gasteiger partial charge in [0.25, 0.3) is 0 Å². The summed E-state index contributed by atoms with van der Waals surface area (Å²) < 4.78 is 46.5. The van der Waals surface area contributed by atoms with E-state index in [9.17, 15) is 16.8 Å². The van der Waals surface area contributed by atoms with Crippen molar-refractivity contribution in [1.82, 2.24) is 10.2 Å². The van der Waals surface area contributed by atoms with Gasteiger partial charge in [-0.2, -0.15) is 0 Å². The van der Waals surface area contributed by atoms with Crippen molar-refractivity contribution < 1.29 is 16.8 Å². The number of hydrogen-bond acceptors (Lipinski definition) is 5. The maximum Gasteiger partial charge on any atom is 0.194 e. The topological polar surface area (TPSA) is 95.9 Å². The van der Waals surface area contributed by atoms with Gasteiger partial charge in [0.15, 0.2) is 25.6 Å². The summed E-state index contributed by atoms with van der Waals surface area (Å²) >= 11 is 0. The van der Waals surface area contributed by atoms with E-state index in [1.807, 2.05) is 11.8 Å². The van der Waals surface area contributed by atoms with Crippen molar-refractivity contribution in [2.75, 3.05) is 43.4 Å². The summed E-state index contributed by atoms with van der Waals surface area (Å²) in [7, 11) is -5.99. The summed E-state index contributed by atoms with van der Waals surface area (Å²) in [5, 5.41) is 3.19. The molecule has 0 bridgehead atoms. The zero-order chi connectivity index (χ0) is 17.3. The second-order valence-electron chi connectivity index (χ2n) is 6.96. The molecule has 23 heavy (non-hydrogen) atoms. The van der Waals surface area contributed by atoms with E-state index in [2.05, 4.69) is 10.3 Å². The number of rotatable bonds is 3. The molecule has 0 saturated carbocycles. The van der Waals surface area contributed by atoms with Crippen LogP contribution < -0.4 is 5.32 Å². The first kappa shape index (κ1) is 18.5. The number of nitrogens with one attached hydrogen (secondary N) is 1. The van der Waals surface area contributed by atoms with Crippen LogP contribution in [0.3, 0.4) is 0 Å². The van der Waals surface area contributed by atoms with E-state index in [0.29, 0.717) is 38.6 Å². The summed E-state index contributed by atoms with van der Waals surface area (Å²) in [5.74, 6) is 1.31. The molecule has 134 valence electrons. The van der Waals surface area contributed by atoms with Gasteiger partial charge in [-0.05, 0) is 33.1 Å². The van der Waals surface area contributed by atoms with Gasteiger partial charge in [0.05, 0.1) is 22.0 Å². The van der Waals surface area contributed by atoms with Gasteiger partial charge in [0.2, 0.25) is 0 Å². The molecule has 0 aromatic heterocycles. The maximum atomic E-state index is 12.1. The standard InChI is InChI=1S/C14H27N3O4S2/c1-4-15-13(16-9-12-5-7-22(18,19)10-12)17-6-8-23(20,21)14(2,3)11-17/h12H,4-11H2,1-3H3,(H,15,16). The van der Waals surface area contributed by atoms with Crippen LogP contribution in [0.15, 0.2) is 4.99 Å².